The fraction of sp³-hybridized carbons (Fsp3) is 0.292. The molecule has 0 fully saturated rings. The molecule has 0 aliphatic carbocycles. The van der Waals surface area contributed by atoms with E-state index in [1.165, 1.54) is 0 Å². The first-order valence-electron chi connectivity index (χ1n) is 11.4. The molecule has 0 saturated carbocycles. The number of amides is 1. The molecular formula is C24H28ClN7O3Si. The highest BCUT2D eigenvalue weighted by Crippen LogP contribution is 2.35. The zero-order valence-electron chi connectivity index (χ0n) is 20.6. The molecule has 0 bridgehead atoms. The Labute approximate surface area is 214 Å². The molecule has 0 aliphatic rings. The van der Waals surface area contributed by atoms with Gasteiger partial charge in [0.25, 0.3) is 0 Å². The summed E-state index contributed by atoms with van der Waals surface area (Å²) in [5, 5.41) is 25.2. The number of aryl methyl sites for hydroxylation is 1. The van der Waals surface area contributed by atoms with Crippen LogP contribution in [0.5, 0.6) is 0 Å². The Bertz CT molecular complexity index is 1380. The van der Waals surface area contributed by atoms with Crippen LogP contribution in [0.15, 0.2) is 49.1 Å². The van der Waals surface area contributed by atoms with Gasteiger partial charge in [0.2, 0.25) is 0 Å². The largest absolute Gasteiger partial charge is 0.465 e. The van der Waals surface area contributed by atoms with Crippen LogP contribution in [0, 0.1) is 6.92 Å². The van der Waals surface area contributed by atoms with E-state index < -0.39 is 14.2 Å². The fourth-order valence-corrected chi connectivity index (χ4v) is 4.53. The topological polar surface area (TPSA) is 120 Å². The molecule has 0 spiro atoms. The van der Waals surface area contributed by atoms with Gasteiger partial charge in [0.15, 0.2) is 5.82 Å². The summed E-state index contributed by atoms with van der Waals surface area (Å²) in [6, 6.07) is 10.1. The summed E-state index contributed by atoms with van der Waals surface area (Å²) >= 11 is 6.55. The Balaban J connectivity index is 1.76. The van der Waals surface area contributed by atoms with Crippen molar-refractivity contribution < 1.29 is 14.6 Å². The molecule has 12 heteroatoms. The normalized spacial score (nSPS) is 11.6. The summed E-state index contributed by atoms with van der Waals surface area (Å²) in [6.45, 7) is 9.77. The highest BCUT2D eigenvalue weighted by molar-refractivity contribution is 6.76. The lowest BCUT2D eigenvalue weighted by Crippen LogP contribution is -2.22. The number of halogens is 1. The molecule has 2 N–H and O–H groups in total. The average molecular weight is 526 g/mol. The molecule has 4 rings (SSSR count). The number of ether oxygens (including phenoxy) is 1. The zero-order chi connectivity index (χ0) is 25.9. The Morgan fingerprint density at radius 2 is 2.00 bits per heavy atom. The van der Waals surface area contributed by atoms with E-state index in [-0.39, 0.29) is 5.82 Å². The Hall–Kier alpha value is -3.54. The van der Waals surface area contributed by atoms with Crippen molar-refractivity contribution in [1.82, 2.24) is 29.5 Å². The fourth-order valence-electron chi connectivity index (χ4n) is 3.55. The number of nitrogens with one attached hydrogen (secondary N) is 1. The lowest BCUT2D eigenvalue weighted by molar-refractivity contribution is 0.0880. The number of carboxylic acid groups (broad SMARTS) is 1. The third-order valence-corrected chi connectivity index (χ3v) is 7.52. The van der Waals surface area contributed by atoms with Crippen molar-refractivity contribution in [1.29, 1.82) is 0 Å². The van der Waals surface area contributed by atoms with Crippen LogP contribution in [0.3, 0.4) is 0 Å². The molecule has 36 heavy (non-hydrogen) atoms. The quantitative estimate of drug-likeness (QED) is 0.217. The van der Waals surface area contributed by atoms with E-state index >= 15 is 0 Å². The van der Waals surface area contributed by atoms with Crippen LogP contribution < -0.4 is 5.32 Å². The van der Waals surface area contributed by atoms with Crippen molar-refractivity contribution >= 4 is 31.6 Å². The summed E-state index contributed by atoms with van der Waals surface area (Å²) < 4.78 is 9.45. The number of rotatable bonds is 9. The maximum absolute atomic E-state index is 11.1. The van der Waals surface area contributed by atoms with Crippen LogP contribution in [-0.4, -0.2) is 55.4 Å². The Morgan fingerprint density at radius 1 is 1.22 bits per heavy atom. The van der Waals surface area contributed by atoms with Gasteiger partial charge >= 0.3 is 6.09 Å². The van der Waals surface area contributed by atoms with Crippen molar-refractivity contribution in [3.05, 3.63) is 59.6 Å². The number of anilines is 1. The maximum atomic E-state index is 11.1. The van der Waals surface area contributed by atoms with E-state index in [0.29, 0.717) is 41.1 Å². The summed E-state index contributed by atoms with van der Waals surface area (Å²) in [4.78, 5) is 15.3. The third kappa shape index (κ3) is 5.98. The van der Waals surface area contributed by atoms with Gasteiger partial charge in [-0.15, -0.1) is 10.2 Å². The van der Waals surface area contributed by atoms with Crippen LogP contribution in [0.1, 0.15) is 5.56 Å². The summed E-state index contributed by atoms with van der Waals surface area (Å²) in [5.74, 6) is 0.776. The van der Waals surface area contributed by atoms with Gasteiger partial charge in [-0.25, -0.2) is 14.5 Å². The standard InChI is InChI=1S/C24H28ClN7O3Si/c1-16-12-26-21(28-24(33)34)11-20(16)32-13-18(22(30-32)17-7-5-6-8-19(17)25)23-29-27-14-31(23)15-35-9-10-36(2,3)4/h5-8,11-14H,9-10,15H2,1-4H3,(H,26,28)(H,33,34). The third-order valence-electron chi connectivity index (χ3n) is 5.48. The summed E-state index contributed by atoms with van der Waals surface area (Å²) in [5.41, 5.74) is 3.52. The van der Waals surface area contributed by atoms with Crippen molar-refractivity contribution in [3.8, 4) is 28.3 Å². The van der Waals surface area contributed by atoms with Crippen LogP contribution in [0.25, 0.3) is 28.3 Å². The number of benzene rings is 1. The van der Waals surface area contributed by atoms with Crippen LogP contribution in [0.4, 0.5) is 10.6 Å². The van der Waals surface area contributed by atoms with E-state index in [2.05, 4.69) is 40.1 Å². The van der Waals surface area contributed by atoms with Crippen LogP contribution in [0.2, 0.25) is 30.7 Å². The predicted octanol–water partition coefficient (Wildman–Crippen LogP) is 5.56. The number of aromatic nitrogens is 6. The van der Waals surface area contributed by atoms with Crippen molar-refractivity contribution in [2.24, 2.45) is 0 Å². The second kappa shape index (κ2) is 10.6. The van der Waals surface area contributed by atoms with Gasteiger partial charge in [0.05, 0.1) is 16.3 Å². The van der Waals surface area contributed by atoms with Crippen LogP contribution >= 0.6 is 11.6 Å². The van der Waals surface area contributed by atoms with E-state index in [4.69, 9.17) is 26.5 Å². The van der Waals surface area contributed by atoms with Gasteiger partial charge in [0.1, 0.15) is 24.6 Å². The summed E-state index contributed by atoms with van der Waals surface area (Å²) in [6.07, 6.45) is 3.85. The van der Waals surface area contributed by atoms with E-state index in [9.17, 15) is 4.79 Å². The predicted molar refractivity (Wildman–Crippen MR) is 141 cm³/mol. The molecule has 0 unspecified atom stereocenters. The number of hydrogen-bond donors (Lipinski definition) is 2. The molecule has 1 aromatic carbocycles. The second-order valence-electron chi connectivity index (χ2n) is 9.57. The molecule has 1 amide bonds. The molecule has 4 aromatic rings. The minimum absolute atomic E-state index is 0.193. The Kier molecular flexibility index (Phi) is 7.53. The first kappa shape index (κ1) is 25.5. The van der Waals surface area contributed by atoms with Gasteiger partial charge in [-0.1, -0.05) is 49.4 Å². The molecule has 10 nitrogen and oxygen atoms in total. The number of pyridine rings is 1. The second-order valence-corrected chi connectivity index (χ2v) is 15.6. The maximum Gasteiger partial charge on any atom is 0.410 e. The lowest BCUT2D eigenvalue weighted by Gasteiger charge is -2.15. The lowest BCUT2D eigenvalue weighted by atomic mass is 10.1. The van der Waals surface area contributed by atoms with E-state index in [0.717, 1.165) is 17.2 Å². The summed E-state index contributed by atoms with van der Waals surface area (Å²) in [7, 11) is -1.21. The first-order valence-corrected chi connectivity index (χ1v) is 15.5. The highest BCUT2D eigenvalue weighted by Gasteiger charge is 2.21. The van der Waals surface area contributed by atoms with Gasteiger partial charge in [-0.05, 0) is 24.6 Å². The van der Waals surface area contributed by atoms with Crippen molar-refractivity contribution in [3.63, 3.8) is 0 Å². The van der Waals surface area contributed by atoms with E-state index in [1.54, 1.807) is 29.3 Å². The van der Waals surface area contributed by atoms with Gasteiger partial charge in [-0.2, -0.15) is 5.10 Å². The van der Waals surface area contributed by atoms with Gasteiger partial charge in [0, 0.05) is 38.7 Å². The molecule has 3 heterocycles. The molecule has 188 valence electrons. The Morgan fingerprint density at radius 3 is 2.72 bits per heavy atom. The number of nitrogens with zero attached hydrogens (tertiary/aromatic N) is 6. The van der Waals surface area contributed by atoms with Gasteiger partial charge in [-0.3, -0.25) is 9.88 Å². The minimum Gasteiger partial charge on any atom is -0.465 e. The van der Waals surface area contributed by atoms with Crippen LogP contribution in [-0.2, 0) is 11.5 Å². The molecule has 0 atom stereocenters. The smallest absolute Gasteiger partial charge is 0.410 e. The molecule has 0 radical (unpaired) electrons. The monoisotopic (exact) mass is 525 g/mol. The number of hydrogen-bond acceptors (Lipinski definition) is 6. The number of carbonyl (C=O) groups is 1. The molecule has 0 saturated heterocycles. The van der Waals surface area contributed by atoms with E-state index in [1.807, 2.05) is 35.9 Å². The first-order chi connectivity index (χ1) is 17.1. The average Bonchev–Trinajstić information content (AvgIpc) is 3.44. The molecular weight excluding hydrogens is 498 g/mol. The zero-order valence-corrected chi connectivity index (χ0v) is 22.3. The molecule has 3 aromatic heterocycles. The molecule has 0 aliphatic heterocycles. The van der Waals surface area contributed by atoms with Crippen molar-refractivity contribution in [2.45, 2.75) is 39.3 Å². The van der Waals surface area contributed by atoms with Crippen molar-refractivity contribution in [2.75, 3.05) is 11.9 Å². The highest BCUT2D eigenvalue weighted by atomic mass is 35.5. The SMILES string of the molecule is Cc1cnc(NC(=O)O)cc1-n1cc(-c2nncn2COCC[Si](C)(C)C)c(-c2ccccc2Cl)n1. The minimum atomic E-state index is -1.21. The van der Waals surface area contributed by atoms with Gasteiger partial charge < -0.3 is 9.84 Å².